The summed E-state index contributed by atoms with van der Waals surface area (Å²) in [5.74, 6) is 0.147. The number of amides is 3. The van der Waals surface area contributed by atoms with Crippen LogP contribution in [0.25, 0.3) is 0 Å². The predicted molar refractivity (Wildman–Crippen MR) is 142 cm³/mol. The molecule has 0 radical (unpaired) electrons. The van der Waals surface area contributed by atoms with E-state index in [9.17, 15) is 14.4 Å². The van der Waals surface area contributed by atoms with E-state index in [2.05, 4.69) is 24.5 Å². The van der Waals surface area contributed by atoms with Crippen molar-refractivity contribution in [3.05, 3.63) is 0 Å². The number of carbonyl (C=O) groups is 3. The fourth-order valence-electron chi connectivity index (χ4n) is 5.06. The number of alkyl carbamates (subject to hydrolysis) is 1. The molecule has 3 amide bonds. The third-order valence-electron chi connectivity index (χ3n) is 7.32. The molecule has 2 rings (SSSR count). The van der Waals surface area contributed by atoms with Gasteiger partial charge in [0.15, 0.2) is 0 Å². The summed E-state index contributed by atoms with van der Waals surface area (Å²) in [7, 11) is 0. The lowest BCUT2D eigenvalue weighted by molar-refractivity contribution is -0.140. The van der Waals surface area contributed by atoms with Crippen LogP contribution in [0.4, 0.5) is 4.79 Å². The highest BCUT2D eigenvalue weighted by atomic mass is 32.2. The average Bonchev–Trinajstić information content (AvgIpc) is 3.33. The summed E-state index contributed by atoms with van der Waals surface area (Å²) in [4.78, 5) is 41.2. The van der Waals surface area contributed by atoms with E-state index >= 15 is 0 Å². The maximum atomic E-state index is 13.9. The summed E-state index contributed by atoms with van der Waals surface area (Å²) in [5.41, 5.74) is 6.00. The minimum absolute atomic E-state index is 0.0940. The number of nitrogens with two attached hydrogens (primary N) is 1. The minimum atomic E-state index is -0.786. The second-order valence-corrected chi connectivity index (χ2v) is 12.5. The summed E-state index contributed by atoms with van der Waals surface area (Å²) in [6.07, 6.45) is 7.55. The Morgan fingerprint density at radius 3 is 2.34 bits per heavy atom. The van der Waals surface area contributed by atoms with E-state index in [0.717, 1.165) is 44.9 Å². The van der Waals surface area contributed by atoms with Gasteiger partial charge in [-0.25, -0.2) is 4.79 Å². The van der Waals surface area contributed by atoms with Crippen LogP contribution < -0.4 is 16.4 Å². The van der Waals surface area contributed by atoms with Crippen LogP contribution in [-0.2, 0) is 14.3 Å². The molecular formula is C26H48N4O4S. The number of nitrogens with zero attached hydrogens (tertiary/aromatic N) is 1. The summed E-state index contributed by atoms with van der Waals surface area (Å²) < 4.78 is 4.69. The van der Waals surface area contributed by atoms with Gasteiger partial charge in [-0.15, -0.1) is 11.8 Å². The van der Waals surface area contributed by atoms with Crippen LogP contribution in [0.15, 0.2) is 0 Å². The predicted octanol–water partition coefficient (Wildman–Crippen LogP) is 3.82. The number of hydrogen-bond acceptors (Lipinski definition) is 6. The Kier molecular flexibility index (Phi) is 12.2. The maximum absolute atomic E-state index is 13.9. The van der Waals surface area contributed by atoms with E-state index < -0.39 is 22.9 Å². The average molecular weight is 513 g/mol. The number of carbonyl (C=O) groups excluding carboxylic acids is 3. The zero-order valence-electron chi connectivity index (χ0n) is 22.4. The van der Waals surface area contributed by atoms with Crippen LogP contribution in [0, 0.1) is 5.92 Å². The molecule has 1 heterocycles. The van der Waals surface area contributed by atoms with Gasteiger partial charge in [-0.3, -0.25) is 9.59 Å². The van der Waals surface area contributed by atoms with Crippen molar-refractivity contribution in [1.29, 1.82) is 0 Å². The van der Waals surface area contributed by atoms with Gasteiger partial charge in [0.2, 0.25) is 11.8 Å². The summed E-state index contributed by atoms with van der Waals surface area (Å²) in [6.45, 7) is 11.6. The molecule has 4 N–H and O–H groups in total. The molecule has 1 aliphatic carbocycles. The quantitative estimate of drug-likeness (QED) is 0.366. The number of rotatable bonds is 12. The van der Waals surface area contributed by atoms with Crippen molar-refractivity contribution in [1.82, 2.24) is 15.5 Å². The number of hydrogen-bond donors (Lipinski definition) is 3. The highest BCUT2D eigenvalue weighted by Crippen LogP contribution is 2.36. The van der Waals surface area contributed by atoms with Crippen LogP contribution in [0.3, 0.4) is 0 Å². The number of thioether (sulfide) groups is 1. The fraction of sp³-hybridized carbons (Fsp3) is 0.885. The van der Waals surface area contributed by atoms with E-state index in [1.807, 2.05) is 20.8 Å². The van der Waals surface area contributed by atoms with Gasteiger partial charge in [-0.1, -0.05) is 20.8 Å². The van der Waals surface area contributed by atoms with Gasteiger partial charge < -0.3 is 26.0 Å². The molecule has 2 atom stereocenters. The van der Waals surface area contributed by atoms with Crippen molar-refractivity contribution in [2.75, 3.05) is 19.7 Å². The van der Waals surface area contributed by atoms with Crippen LogP contribution in [0.2, 0.25) is 0 Å². The van der Waals surface area contributed by atoms with E-state index in [4.69, 9.17) is 10.5 Å². The number of nitrogens with one attached hydrogen (secondary N) is 2. The van der Waals surface area contributed by atoms with E-state index in [0.29, 0.717) is 43.7 Å². The zero-order valence-corrected chi connectivity index (χ0v) is 23.3. The van der Waals surface area contributed by atoms with Crippen molar-refractivity contribution >= 4 is 29.7 Å². The largest absolute Gasteiger partial charge is 0.450 e. The van der Waals surface area contributed by atoms with Crippen molar-refractivity contribution < 1.29 is 19.1 Å². The molecule has 8 nitrogen and oxygen atoms in total. The van der Waals surface area contributed by atoms with E-state index in [1.54, 1.807) is 16.7 Å². The first-order valence-corrected chi connectivity index (χ1v) is 14.5. The molecule has 202 valence electrons. The SMILES string of the molecule is CCCOC(=O)N[C@@H](C(=O)N1CCC[C@H]1C(=O)NCC1CCC(N)CC1)C(C)(C)SC(CC)CC. The molecule has 9 heteroatoms. The first-order chi connectivity index (χ1) is 16.6. The normalized spacial score (nSPS) is 23.7. The Morgan fingerprint density at radius 1 is 1.09 bits per heavy atom. The fourth-order valence-corrected chi connectivity index (χ4v) is 6.55. The maximum Gasteiger partial charge on any atom is 0.407 e. The van der Waals surface area contributed by atoms with Crippen molar-refractivity contribution in [3.8, 4) is 0 Å². The van der Waals surface area contributed by atoms with Gasteiger partial charge in [-0.05, 0) is 77.6 Å². The smallest absolute Gasteiger partial charge is 0.407 e. The molecule has 1 aliphatic heterocycles. The topological polar surface area (TPSA) is 114 Å². The van der Waals surface area contributed by atoms with Crippen LogP contribution in [-0.4, -0.2) is 70.6 Å². The Morgan fingerprint density at radius 2 is 1.74 bits per heavy atom. The molecule has 0 aromatic rings. The summed E-state index contributed by atoms with van der Waals surface area (Å²) in [6, 6.07) is -1.01. The first kappa shape index (κ1) is 29.7. The molecule has 2 aliphatic rings. The van der Waals surface area contributed by atoms with E-state index in [-0.39, 0.29) is 17.9 Å². The van der Waals surface area contributed by atoms with Crippen molar-refractivity contribution in [3.63, 3.8) is 0 Å². The Labute approximate surface area is 216 Å². The Bertz CT molecular complexity index is 693. The van der Waals surface area contributed by atoms with Crippen molar-refractivity contribution in [2.45, 2.75) is 121 Å². The molecule has 35 heavy (non-hydrogen) atoms. The third-order valence-corrected chi connectivity index (χ3v) is 9.16. The summed E-state index contributed by atoms with van der Waals surface area (Å²) in [5, 5.41) is 6.32. The van der Waals surface area contributed by atoms with Gasteiger partial charge in [0.1, 0.15) is 12.1 Å². The monoisotopic (exact) mass is 512 g/mol. The zero-order chi connectivity index (χ0) is 26.0. The Balaban J connectivity index is 2.11. The van der Waals surface area contributed by atoms with Crippen LogP contribution in [0.5, 0.6) is 0 Å². The number of ether oxygens (including phenoxy) is 1. The molecular weight excluding hydrogens is 464 g/mol. The third kappa shape index (κ3) is 8.85. The molecule has 0 unspecified atom stereocenters. The van der Waals surface area contributed by atoms with Crippen LogP contribution in [0.1, 0.15) is 92.4 Å². The lowest BCUT2D eigenvalue weighted by atomic mass is 9.86. The lowest BCUT2D eigenvalue weighted by Gasteiger charge is -2.38. The van der Waals surface area contributed by atoms with E-state index in [1.165, 1.54) is 0 Å². The lowest BCUT2D eigenvalue weighted by Crippen LogP contribution is -2.60. The molecule has 0 spiro atoms. The molecule has 0 bridgehead atoms. The highest BCUT2D eigenvalue weighted by molar-refractivity contribution is 8.01. The second-order valence-electron chi connectivity index (χ2n) is 10.6. The highest BCUT2D eigenvalue weighted by Gasteiger charge is 2.45. The van der Waals surface area contributed by atoms with Crippen molar-refractivity contribution in [2.24, 2.45) is 11.7 Å². The molecule has 0 aromatic heterocycles. The standard InChI is InChI=1S/C26H48N4O4S/c1-6-16-34-25(33)29-22(26(4,5)35-20(7-2)8-3)24(32)30-15-9-10-21(30)23(31)28-17-18-11-13-19(27)14-12-18/h18-22H,6-17,27H2,1-5H3,(H,28,31)(H,29,33)/t18?,19?,21-,22-/m0/s1. The van der Waals surface area contributed by atoms with Crippen LogP contribution >= 0.6 is 11.8 Å². The molecule has 1 saturated heterocycles. The minimum Gasteiger partial charge on any atom is -0.450 e. The molecule has 2 fully saturated rings. The second kappa shape index (κ2) is 14.3. The Hall–Kier alpha value is -1.48. The van der Waals surface area contributed by atoms with Gasteiger partial charge in [0.05, 0.1) is 6.61 Å². The van der Waals surface area contributed by atoms with Gasteiger partial charge in [0.25, 0.3) is 0 Å². The first-order valence-electron chi connectivity index (χ1n) is 13.6. The van der Waals surface area contributed by atoms with Gasteiger partial charge in [-0.2, -0.15) is 0 Å². The van der Waals surface area contributed by atoms with Gasteiger partial charge >= 0.3 is 6.09 Å². The number of likely N-dealkylation sites (tertiary alicyclic amines) is 1. The molecule has 0 aromatic carbocycles. The molecule has 1 saturated carbocycles. The summed E-state index contributed by atoms with van der Waals surface area (Å²) >= 11 is 1.72. The van der Waals surface area contributed by atoms with Gasteiger partial charge in [0, 0.05) is 29.1 Å².